The molecule has 5 heteroatoms. The number of hydrogen-bond donors (Lipinski definition) is 1. The SMILES string of the molecule is COc1ccc(CC(O)c2ccc(Br)cc2Cl)cc1F. The van der Waals surface area contributed by atoms with Crippen LogP contribution in [0.2, 0.25) is 5.02 Å². The lowest BCUT2D eigenvalue weighted by atomic mass is 10.0. The molecule has 106 valence electrons. The summed E-state index contributed by atoms with van der Waals surface area (Å²) >= 11 is 9.39. The van der Waals surface area contributed by atoms with Crippen molar-refractivity contribution in [2.24, 2.45) is 0 Å². The molecule has 2 aromatic carbocycles. The number of hydrogen-bond acceptors (Lipinski definition) is 2. The molecule has 1 unspecified atom stereocenters. The maximum Gasteiger partial charge on any atom is 0.165 e. The second-order valence-corrected chi connectivity index (χ2v) is 5.68. The van der Waals surface area contributed by atoms with Gasteiger partial charge in [0.2, 0.25) is 0 Å². The van der Waals surface area contributed by atoms with Crippen molar-refractivity contribution >= 4 is 27.5 Å². The van der Waals surface area contributed by atoms with E-state index < -0.39 is 11.9 Å². The van der Waals surface area contributed by atoms with E-state index in [1.165, 1.54) is 13.2 Å². The zero-order valence-corrected chi connectivity index (χ0v) is 13.1. The van der Waals surface area contributed by atoms with Crippen LogP contribution in [0.15, 0.2) is 40.9 Å². The molecule has 0 fully saturated rings. The minimum Gasteiger partial charge on any atom is -0.494 e. The number of aliphatic hydroxyl groups excluding tert-OH is 1. The Balaban J connectivity index is 2.18. The summed E-state index contributed by atoms with van der Waals surface area (Å²) in [7, 11) is 1.41. The van der Waals surface area contributed by atoms with Crippen molar-refractivity contribution in [3.63, 3.8) is 0 Å². The Morgan fingerprint density at radius 3 is 2.65 bits per heavy atom. The summed E-state index contributed by atoms with van der Waals surface area (Å²) in [5.74, 6) is -0.260. The molecule has 1 N–H and O–H groups in total. The fourth-order valence-electron chi connectivity index (χ4n) is 1.94. The standard InChI is InChI=1S/C15H13BrClFO2/c1-20-15-5-2-9(6-13(15)18)7-14(19)11-4-3-10(16)8-12(11)17/h2-6,8,14,19H,7H2,1H3. The second kappa shape index (κ2) is 6.57. The van der Waals surface area contributed by atoms with Crippen LogP contribution in [0.1, 0.15) is 17.2 Å². The van der Waals surface area contributed by atoms with Crippen LogP contribution in [0.5, 0.6) is 5.75 Å². The van der Waals surface area contributed by atoms with E-state index in [1.54, 1.807) is 30.3 Å². The van der Waals surface area contributed by atoms with Gasteiger partial charge in [-0.1, -0.05) is 39.7 Å². The first-order valence-electron chi connectivity index (χ1n) is 5.96. The highest BCUT2D eigenvalue weighted by Crippen LogP contribution is 2.29. The summed E-state index contributed by atoms with van der Waals surface area (Å²) in [6, 6.07) is 9.89. The first kappa shape index (κ1) is 15.3. The van der Waals surface area contributed by atoms with Gasteiger partial charge in [-0.05, 0) is 35.4 Å². The highest BCUT2D eigenvalue weighted by molar-refractivity contribution is 9.10. The van der Waals surface area contributed by atoms with Crippen molar-refractivity contribution in [1.29, 1.82) is 0 Å². The molecule has 1 atom stereocenters. The Bertz CT molecular complexity index is 619. The molecule has 2 rings (SSSR count). The van der Waals surface area contributed by atoms with Crippen molar-refractivity contribution in [2.75, 3.05) is 7.11 Å². The topological polar surface area (TPSA) is 29.5 Å². The Kier molecular flexibility index (Phi) is 5.02. The van der Waals surface area contributed by atoms with Gasteiger partial charge in [-0.15, -0.1) is 0 Å². The molecule has 0 radical (unpaired) electrons. The van der Waals surface area contributed by atoms with E-state index >= 15 is 0 Å². The molecule has 0 bridgehead atoms. The number of aliphatic hydroxyl groups is 1. The molecule has 20 heavy (non-hydrogen) atoms. The molecule has 0 aliphatic heterocycles. The van der Waals surface area contributed by atoms with Crippen molar-refractivity contribution < 1.29 is 14.2 Å². The summed E-state index contributed by atoms with van der Waals surface area (Å²) in [5.41, 5.74) is 1.29. The molecular formula is C15H13BrClFO2. The van der Waals surface area contributed by atoms with Crippen molar-refractivity contribution in [1.82, 2.24) is 0 Å². The zero-order chi connectivity index (χ0) is 14.7. The first-order valence-corrected chi connectivity index (χ1v) is 7.14. The van der Waals surface area contributed by atoms with Gasteiger partial charge >= 0.3 is 0 Å². The second-order valence-electron chi connectivity index (χ2n) is 4.35. The third-order valence-electron chi connectivity index (χ3n) is 2.97. The molecule has 0 saturated carbocycles. The van der Waals surface area contributed by atoms with Gasteiger partial charge in [0.1, 0.15) is 0 Å². The van der Waals surface area contributed by atoms with Crippen LogP contribution in [0.3, 0.4) is 0 Å². The van der Waals surface area contributed by atoms with Crippen LogP contribution < -0.4 is 4.74 Å². The van der Waals surface area contributed by atoms with E-state index in [2.05, 4.69) is 15.9 Å². The number of benzene rings is 2. The highest BCUT2D eigenvalue weighted by Gasteiger charge is 2.14. The molecule has 2 nitrogen and oxygen atoms in total. The van der Waals surface area contributed by atoms with Crippen LogP contribution in [0.4, 0.5) is 4.39 Å². The fraction of sp³-hybridized carbons (Fsp3) is 0.200. The largest absolute Gasteiger partial charge is 0.494 e. The van der Waals surface area contributed by atoms with Crippen LogP contribution in [0.25, 0.3) is 0 Å². The lowest BCUT2D eigenvalue weighted by Crippen LogP contribution is -2.03. The summed E-state index contributed by atoms with van der Waals surface area (Å²) < 4.78 is 19.3. The molecule has 0 aliphatic rings. The van der Waals surface area contributed by atoms with Crippen molar-refractivity contribution in [3.8, 4) is 5.75 Å². The van der Waals surface area contributed by atoms with Crippen molar-refractivity contribution in [2.45, 2.75) is 12.5 Å². The van der Waals surface area contributed by atoms with Crippen molar-refractivity contribution in [3.05, 3.63) is 62.8 Å². The van der Waals surface area contributed by atoms with Gasteiger partial charge in [-0.25, -0.2) is 4.39 Å². The van der Waals surface area contributed by atoms with Crippen LogP contribution in [-0.2, 0) is 6.42 Å². The third-order valence-corrected chi connectivity index (χ3v) is 3.79. The van der Waals surface area contributed by atoms with Gasteiger partial charge < -0.3 is 9.84 Å². The van der Waals surface area contributed by atoms with Crippen LogP contribution >= 0.6 is 27.5 Å². The monoisotopic (exact) mass is 358 g/mol. The molecule has 2 aromatic rings. The molecule has 0 spiro atoms. The molecule has 0 saturated heterocycles. The highest BCUT2D eigenvalue weighted by atomic mass is 79.9. The van der Waals surface area contributed by atoms with E-state index in [0.29, 0.717) is 16.1 Å². The average Bonchev–Trinajstić information content (AvgIpc) is 2.38. The van der Waals surface area contributed by atoms with Gasteiger partial charge in [0.05, 0.1) is 13.2 Å². The minimum atomic E-state index is -0.789. The number of methoxy groups -OCH3 is 1. The summed E-state index contributed by atoms with van der Waals surface area (Å²) in [6.45, 7) is 0. The summed E-state index contributed by atoms with van der Waals surface area (Å²) in [6.07, 6.45) is -0.508. The quantitative estimate of drug-likeness (QED) is 0.869. The molecule has 0 aromatic heterocycles. The van der Waals surface area contributed by atoms with E-state index in [1.807, 2.05) is 0 Å². The van der Waals surface area contributed by atoms with Crippen LogP contribution in [0, 0.1) is 5.82 Å². The van der Waals surface area contributed by atoms with Gasteiger partial charge in [0, 0.05) is 15.9 Å². The molecule has 0 aliphatic carbocycles. The fourth-order valence-corrected chi connectivity index (χ4v) is 2.74. The van der Waals surface area contributed by atoms with Gasteiger partial charge in [-0.3, -0.25) is 0 Å². The number of ether oxygens (including phenoxy) is 1. The summed E-state index contributed by atoms with van der Waals surface area (Å²) in [5, 5.41) is 10.7. The van der Waals surface area contributed by atoms with Gasteiger partial charge in [0.25, 0.3) is 0 Å². The smallest absolute Gasteiger partial charge is 0.165 e. The van der Waals surface area contributed by atoms with E-state index in [9.17, 15) is 9.50 Å². The Labute approximate surface area is 130 Å². The predicted molar refractivity (Wildman–Crippen MR) is 80.8 cm³/mol. The third kappa shape index (κ3) is 3.51. The molecule has 0 heterocycles. The zero-order valence-electron chi connectivity index (χ0n) is 10.7. The van der Waals surface area contributed by atoms with Gasteiger partial charge in [0.15, 0.2) is 11.6 Å². The number of rotatable bonds is 4. The average molecular weight is 360 g/mol. The molecule has 0 amide bonds. The predicted octanol–water partition coefficient (Wildman–Crippen LogP) is 4.53. The Morgan fingerprint density at radius 1 is 1.30 bits per heavy atom. The minimum absolute atomic E-state index is 0.185. The van der Waals surface area contributed by atoms with E-state index in [-0.39, 0.29) is 12.2 Å². The van der Waals surface area contributed by atoms with Crippen LogP contribution in [-0.4, -0.2) is 12.2 Å². The maximum absolute atomic E-state index is 13.6. The maximum atomic E-state index is 13.6. The lowest BCUT2D eigenvalue weighted by molar-refractivity contribution is 0.178. The normalized spacial score (nSPS) is 12.2. The molecular weight excluding hydrogens is 347 g/mol. The van der Waals surface area contributed by atoms with E-state index in [4.69, 9.17) is 16.3 Å². The summed E-state index contributed by atoms with van der Waals surface area (Å²) in [4.78, 5) is 0. The number of halogens is 3. The van der Waals surface area contributed by atoms with Gasteiger partial charge in [-0.2, -0.15) is 0 Å². The Hall–Kier alpha value is -1.10. The lowest BCUT2D eigenvalue weighted by Gasteiger charge is -2.13. The Morgan fingerprint density at radius 2 is 2.05 bits per heavy atom. The first-order chi connectivity index (χ1) is 9.51. The van der Waals surface area contributed by atoms with E-state index in [0.717, 1.165) is 4.47 Å².